The fourth-order valence-corrected chi connectivity index (χ4v) is 1.24. The fraction of sp³-hybridized carbons (Fsp3) is 0.250. The summed E-state index contributed by atoms with van der Waals surface area (Å²) in [6.45, 7) is 1.68. The summed E-state index contributed by atoms with van der Waals surface area (Å²) in [5, 5.41) is 14.7. The Morgan fingerprint density at radius 3 is 2.50 bits per heavy atom. The highest BCUT2D eigenvalue weighted by Gasteiger charge is 2.30. The molecule has 120 valence electrons. The Bertz CT molecular complexity index is 556. The van der Waals surface area contributed by atoms with E-state index in [4.69, 9.17) is 5.21 Å². The highest BCUT2D eigenvalue weighted by molar-refractivity contribution is 6.59. The molecular formula is C12H12F3N3O4. The Morgan fingerprint density at radius 1 is 1.36 bits per heavy atom. The van der Waals surface area contributed by atoms with Crippen molar-refractivity contribution in [1.82, 2.24) is 0 Å². The number of nitrogens with one attached hydrogen (secondary N) is 1. The van der Waals surface area contributed by atoms with Crippen molar-refractivity contribution < 1.29 is 32.6 Å². The van der Waals surface area contributed by atoms with Crippen LogP contribution in [0.4, 0.5) is 18.9 Å². The molecule has 0 saturated heterocycles. The zero-order valence-corrected chi connectivity index (χ0v) is 11.3. The van der Waals surface area contributed by atoms with Gasteiger partial charge in [0, 0.05) is 0 Å². The Morgan fingerprint density at radius 2 is 2.00 bits per heavy atom. The van der Waals surface area contributed by atoms with Gasteiger partial charge in [0.1, 0.15) is 12.0 Å². The number of nitrogens with zero attached hydrogens (tertiary/aromatic N) is 2. The highest BCUT2D eigenvalue weighted by atomic mass is 19.4. The van der Waals surface area contributed by atoms with E-state index in [-0.39, 0.29) is 18.0 Å². The van der Waals surface area contributed by atoms with Gasteiger partial charge >= 0.3 is 12.3 Å². The quantitative estimate of drug-likeness (QED) is 0.363. The van der Waals surface area contributed by atoms with Crippen molar-refractivity contribution in [2.75, 3.05) is 12.0 Å². The van der Waals surface area contributed by atoms with Crippen LogP contribution < -0.4 is 10.2 Å². The second-order valence-corrected chi connectivity index (χ2v) is 3.65. The number of hydrogen-bond donors (Lipinski definition) is 2. The summed E-state index contributed by atoms with van der Waals surface area (Å²) in [7, 11) is 0. The van der Waals surface area contributed by atoms with Crippen LogP contribution in [0.2, 0.25) is 0 Å². The summed E-state index contributed by atoms with van der Waals surface area (Å²) in [6, 6.07) is 4.64. The van der Waals surface area contributed by atoms with Crippen LogP contribution in [-0.4, -0.2) is 36.1 Å². The number of halogens is 3. The molecule has 1 rings (SSSR count). The standard InChI is InChI=1S/C12H12F3N3O4/c1-2-21-11(19)10(7-16-20)18-17-8-3-5-9(6-4-8)22-12(13,14)15/h3-7,17,20H,2H2,1H3/b16-7+,18-10+. The maximum absolute atomic E-state index is 12.0. The number of rotatable bonds is 6. The maximum atomic E-state index is 12.0. The highest BCUT2D eigenvalue weighted by Crippen LogP contribution is 2.23. The molecular weight excluding hydrogens is 307 g/mol. The molecule has 0 bridgehead atoms. The van der Waals surface area contributed by atoms with Crippen LogP contribution in [0.15, 0.2) is 34.5 Å². The minimum absolute atomic E-state index is 0.0978. The topological polar surface area (TPSA) is 92.5 Å². The monoisotopic (exact) mass is 319 g/mol. The zero-order chi connectivity index (χ0) is 16.6. The van der Waals surface area contributed by atoms with Crippen LogP contribution >= 0.6 is 0 Å². The fourth-order valence-electron chi connectivity index (χ4n) is 1.24. The Labute approximate surface area is 123 Å². The third kappa shape index (κ3) is 6.11. The summed E-state index contributed by atoms with van der Waals surface area (Å²) in [6.07, 6.45) is -4.02. The van der Waals surface area contributed by atoms with Gasteiger partial charge in [0.25, 0.3) is 0 Å². The first-order valence-corrected chi connectivity index (χ1v) is 5.89. The van der Waals surface area contributed by atoms with E-state index in [1.54, 1.807) is 6.92 Å². The lowest BCUT2D eigenvalue weighted by molar-refractivity contribution is -0.274. The van der Waals surface area contributed by atoms with Gasteiger partial charge in [-0.1, -0.05) is 5.16 Å². The minimum atomic E-state index is -4.78. The van der Waals surface area contributed by atoms with Crippen molar-refractivity contribution >= 4 is 23.6 Å². The first-order chi connectivity index (χ1) is 10.4. The summed E-state index contributed by atoms with van der Waals surface area (Å²) < 4.78 is 44.3. The van der Waals surface area contributed by atoms with Gasteiger partial charge in [0.2, 0.25) is 0 Å². The first kappa shape index (κ1) is 17.3. The van der Waals surface area contributed by atoms with Crippen LogP contribution in [0.3, 0.4) is 0 Å². The number of anilines is 1. The van der Waals surface area contributed by atoms with Crippen molar-refractivity contribution in [3.8, 4) is 5.75 Å². The number of benzene rings is 1. The molecule has 1 aromatic carbocycles. The Balaban J connectivity index is 2.76. The number of alkyl halides is 3. The van der Waals surface area contributed by atoms with Gasteiger partial charge in [-0.3, -0.25) is 5.43 Å². The van der Waals surface area contributed by atoms with Gasteiger partial charge in [0.15, 0.2) is 5.71 Å². The molecule has 1 aromatic rings. The number of carbonyl (C=O) groups is 1. The molecule has 0 aromatic heterocycles. The molecule has 0 fully saturated rings. The van der Waals surface area contributed by atoms with E-state index >= 15 is 0 Å². The number of hydrazone groups is 1. The summed E-state index contributed by atoms with van der Waals surface area (Å²) in [5.74, 6) is -1.23. The molecule has 0 radical (unpaired) electrons. The molecule has 0 amide bonds. The lowest BCUT2D eigenvalue weighted by Crippen LogP contribution is -2.20. The molecule has 22 heavy (non-hydrogen) atoms. The molecule has 7 nitrogen and oxygen atoms in total. The zero-order valence-electron chi connectivity index (χ0n) is 11.3. The molecule has 2 N–H and O–H groups in total. The summed E-state index contributed by atoms with van der Waals surface area (Å²) in [4.78, 5) is 11.4. The molecule has 0 aliphatic rings. The SMILES string of the molecule is CCOC(=O)C(/C=N/O)=N/Nc1ccc(OC(F)(F)F)cc1. The smallest absolute Gasteiger partial charge is 0.461 e. The number of carbonyl (C=O) groups excluding carboxylic acids is 1. The Kier molecular flexibility index (Phi) is 6.17. The number of hydrogen-bond acceptors (Lipinski definition) is 7. The molecule has 0 heterocycles. The van der Waals surface area contributed by atoms with Crippen LogP contribution in [0.25, 0.3) is 0 Å². The maximum Gasteiger partial charge on any atom is 0.573 e. The minimum Gasteiger partial charge on any atom is -0.461 e. The second kappa shape index (κ2) is 7.86. The third-order valence-electron chi connectivity index (χ3n) is 2.06. The van der Waals surface area contributed by atoms with Gasteiger partial charge in [-0.05, 0) is 31.2 Å². The molecule has 0 unspecified atom stereocenters. The molecule has 10 heteroatoms. The largest absolute Gasteiger partial charge is 0.573 e. The van der Waals surface area contributed by atoms with E-state index in [0.717, 1.165) is 18.3 Å². The van der Waals surface area contributed by atoms with E-state index < -0.39 is 18.1 Å². The van der Waals surface area contributed by atoms with Gasteiger partial charge < -0.3 is 14.7 Å². The van der Waals surface area contributed by atoms with Gasteiger partial charge in [-0.15, -0.1) is 13.2 Å². The predicted molar refractivity (Wildman–Crippen MR) is 71.1 cm³/mol. The lowest BCUT2D eigenvalue weighted by Gasteiger charge is -2.09. The van der Waals surface area contributed by atoms with Crippen molar-refractivity contribution in [3.05, 3.63) is 24.3 Å². The average molecular weight is 319 g/mol. The van der Waals surface area contributed by atoms with E-state index in [1.807, 2.05) is 0 Å². The van der Waals surface area contributed by atoms with Crippen molar-refractivity contribution in [3.63, 3.8) is 0 Å². The van der Waals surface area contributed by atoms with Gasteiger partial charge in [-0.25, -0.2) is 4.79 Å². The van der Waals surface area contributed by atoms with Gasteiger partial charge in [0.05, 0.1) is 12.3 Å². The van der Waals surface area contributed by atoms with Crippen LogP contribution in [0.1, 0.15) is 6.92 Å². The van der Waals surface area contributed by atoms with Gasteiger partial charge in [-0.2, -0.15) is 5.10 Å². The molecule has 0 atom stereocenters. The molecule has 0 saturated carbocycles. The summed E-state index contributed by atoms with van der Waals surface area (Å²) in [5.41, 5.74) is 2.37. The van der Waals surface area contributed by atoms with Crippen LogP contribution in [-0.2, 0) is 9.53 Å². The van der Waals surface area contributed by atoms with Crippen molar-refractivity contribution in [2.24, 2.45) is 10.3 Å². The number of esters is 1. The lowest BCUT2D eigenvalue weighted by atomic mass is 10.3. The number of oxime groups is 1. The van der Waals surface area contributed by atoms with Crippen molar-refractivity contribution in [1.29, 1.82) is 0 Å². The summed E-state index contributed by atoms with van der Waals surface area (Å²) >= 11 is 0. The van der Waals surface area contributed by atoms with E-state index in [9.17, 15) is 18.0 Å². The van der Waals surface area contributed by atoms with E-state index in [2.05, 4.69) is 25.2 Å². The van der Waals surface area contributed by atoms with E-state index in [1.165, 1.54) is 12.1 Å². The first-order valence-electron chi connectivity index (χ1n) is 5.89. The predicted octanol–water partition coefficient (Wildman–Crippen LogP) is 2.38. The Hall–Kier alpha value is -2.78. The molecule has 0 aliphatic heterocycles. The van der Waals surface area contributed by atoms with Crippen molar-refractivity contribution in [2.45, 2.75) is 13.3 Å². The molecule has 0 aliphatic carbocycles. The number of ether oxygens (including phenoxy) is 2. The molecule has 0 spiro atoms. The normalized spacial score (nSPS) is 12.3. The second-order valence-electron chi connectivity index (χ2n) is 3.65. The van der Waals surface area contributed by atoms with Crippen LogP contribution in [0.5, 0.6) is 5.75 Å². The van der Waals surface area contributed by atoms with Crippen LogP contribution in [0, 0.1) is 0 Å². The third-order valence-corrected chi connectivity index (χ3v) is 2.06. The van der Waals surface area contributed by atoms with E-state index in [0.29, 0.717) is 0 Å². The average Bonchev–Trinajstić information content (AvgIpc) is 2.43.